The Morgan fingerprint density at radius 3 is 2.43 bits per heavy atom. The molecule has 5 amide bonds. The quantitative estimate of drug-likeness (QED) is 0.0164. The topological polar surface area (TPSA) is 408 Å². The number of pyridine rings is 1. The van der Waals surface area contributed by atoms with E-state index in [9.17, 15) is 72.1 Å². The Bertz CT molecular complexity index is 4270. The van der Waals surface area contributed by atoms with Crippen LogP contribution in [0.3, 0.4) is 0 Å². The number of carbonyl (C=O) groups excluding carboxylic acids is 5. The summed E-state index contributed by atoms with van der Waals surface area (Å²) in [6, 6.07) is 21.0. The molecule has 8 N–H and O–H groups in total. The summed E-state index contributed by atoms with van der Waals surface area (Å²) < 4.78 is 72.0. The monoisotopic (exact) mass is 1430 g/mol. The van der Waals surface area contributed by atoms with Crippen molar-refractivity contribution in [1.82, 2.24) is 34.9 Å². The zero-order valence-electron chi connectivity index (χ0n) is 55.4. The second-order valence-corrected chi connectivity index (χ2v) is 29.7. The predicted octanol–water partition coefficient (Wildman–Crippen LogP) is 5.14. The van der Waals surface area contributed by atoms with Gasteiger partial charge < -0.3 is 69.1 Å². The first-order chi connectivity index (χ1) is 48.2. The van der Waals surface area contributed by atoms with Crippen LogP contribution in [0.25, 0.3) is 21.3 Å². The summed E-state index contributed by atoms with van der Waals surface area (Å²) >= 11 is 1.39. The average Bonchev–Trinajstić information content (AvgIpc) is 0.728. The van der Waals surface area contributed by atoms with E-state index in [-0.39, 0.29) is 105 Å². The maximum Gasteiger partial charge on any atom is 0.410 e. The Hall–Kier alpha value is -8.99. The van der Waals surface area contributed by atoms with E-state index >= 15 is 0 Å². The van der Waals surface area contributed by atoms with Crippen molar-refractivity contribution >= 4 is 84.3 Å². The lowest BCUT2D eigenvalue weighted by Gasteiger charge is -2.65. The molecule has 0 spiro atoms. The average molecular weight is 1430 g/mol. The van der Waals surface area contributed by atoms with Gasteiger partial charge in [0, 0.05) is 98.4 Å². The van der Waals surface area contributed by atoms with Crippen LogP contribution in [0.1, 0.15) is 102 Å². The number of nitrogens with zero attached hydrogens (tertiary/aromatic N) is 7. The fourth-order valence-electron chi connectivity index (χ4n) is 15.7. The summed E-state index contributed by atoms with van der Waals surface area (Å²) in [7, 11) is -4.43. The van der Waals surface area contributed by atoms with Crippen LogP contribution in [0.2, 0.25) is 0 Å². The van der Waals surface area contributed by atoms with Gasteiger partial charge in [-0.15, -0.1) is 0 Å². The number of aliphatic hydroxyl groups excluding tert-OH is 3. The number of amides is 5. The van der Waals surface area contributed by atoms with E-state index in [1.807, 2.05) is 59.0 Å². The number of anilines is 2. The molecule has 3 aromatic carbocycles. The van der Waals surface area contributed by atoms with Crippen molar-refractivity contribution < 1.29 is 100 Å². The standard InChI is InChI=1S/C69H79N9O21S2/c1-40-47(45-13-14-52(73-56(45)62(86)87)76-21-17-42-7-5-8-46(48(42)34-76)61(85)74-65-72-49-9-3-4-10-51(49)100-65)33-71-78(40)39-68-31-41-30-67(2,36-68)37-69(32-41,38-68)97-25-23-75(20-6-28-101(91,92)93)66(90)96-35-43-11-12-44(98-64-59(84)57(82)58(83)60(99-64)63(88)89)29-50(43)95-27-26-94-24-19-70-53(79)18-22-77-54(80)15-16-55(77)81/h3-5,7-16,29,33,41,57-60,64,82-84H,6,17-28,30-32,34-39H2,1-2H3,(H,70,79)(H,86,87)(H,88,89)(H,72,74,85)(H,91,92,93)/t41?,57-,58-,59+,60-,64+,67?,68?,69?/m0/s1. The molecule has 3 aliphatic heterocycles. The Morgan fingerprint density at radius 2 is 1.66 bits per heavy atom. The lowest BCUT2D eigenvalue weighted by atomic mass is 9.43. The van der Waals surface area contributed by atoms with E-state index < -0.39 is 94.5 Å². The molecule has 3 aromatic heterocycles. The third-order valence-corrected chi connectivity index (χ3v) is 21.3. The van der Waals surface area contributed by atoms with Crippen molar-refractivity contribution in [3.05, 3.63) is 125 Å². The van der Waals surface area contributed by atoms with Crippen LogP contribution < -0.4 is 25.0 Å². The summed E-state index contributed by atoms with van der Waals surface area (Å²) in [6.07, 6.45) is -1.24. The van der Waals surface area contributed by atoms with Crippen molar-refractivity contribution in [2.75, 3.05) is 75.1 Å². The van der Waals surface area contributed by atoms with E-state index in [1.54, 1.807) is 18.3 Å². The Kier molecular flexibility index (Phi) is 21.3. The van der Waals surface area contributed by atoms with Gasteiger partial charge in [0.25, 0.3) is 27.8 Å². The number of thiazole rings is 1. The van der Waals surface area contributed by atoms with E-state index in [0.717, 1.165) is 76.2 Å². The van der Waals surface area contributed by atoms with Crippen LogP contribution in [0.15, 0.2) is 91.1 Å². The van der Waals surface area contributed by atoms with E-state index in [1.165, 1.54) is 34.4 Å². The number of carboxylic acid groups (broad SMARTS) is 2. The molecular weight excluding hydrogens is 1350 g/mol. The molecule has 32 heteroatoms. The smallest absolute Gasteiger partial charge is 0.410 e. The molecule has 4 bridgehead atoms. The molecule has 4 unspecified atom stereocenters. The fraction of sp³-hybridized carbons (Fsp3) is 0.478. The summed E-state index contributed by atoms with van der Waals surface area (Å²) in [5.41, 5.74) is 4.04. The lowest BCUT2D eigenvalue weighted by Crippen LogP contribution is -2.61. The molecule has 538 valence electrons. The van der Waals surface area contributed by atoms with E-state index in [4.69, 9.17) is 38.5 Å². The number of aromatic carboxylic acids is 1. The van der Waals surface area contributed by atoms with Crippen molar-refractivity contribution in [3.63, 3.8) is 0 Å². The molecule has 101 heavy (non-hydrogen) atoms. The fourth-order valence-corrected chi connectivity index (χ4v) is 17.0. The van der Waals surface area contributed by atoms with Crippen LogP contribution in [-0.4, -0.2) is 211 Å². The first-order valence-corrected chi connectivity index (χ1v) is 35.7. The van der Waals surface area contributed by atoms with Gasteiger partial charge in [-0.3, -0.25) is 38.6 Å². The van der Waals surface area contributed by atoms with Crippen molar-refractivity contribution in [3.8, 4) is 22.6 Å². The Balaban J connectivity index is 0.693. The summed E-state index contributed by atoms with van der Waals surface area (Å²) in [6.45, 7) is 4.78. The SMILES string of the molecule is Cc1c(-c2ccc(N3CCc4cccc(C(=O)Nc5nc6ccccc6s5)c4C3)nc2C(=O)O)cnn1CC12CC3CC(C)(C1)CC(OCCN(CCCS(=O)(=O)O)C(=O)OCc1ccc(O[C@@H]4O[C@H](C(=O)O)[C@@H](O)[C@H](O)[C@H]4O)cc1OCCOCCNC(=O)CCN1C(=O)C=CC1=O)(C3)C2. The number of para-hydroxylation sites is 1. The van der Waals surface area contributed by atoms with Crippen LogP contribution in [-0.2, 0) is 74.4 Å². The summed E-state index contributed by atoms with van der Waals surface area (Å²) in [5.74, 6) is -4.51. The molecule has 0 radical (unpaired) electrons. The number of aliphatic hydroxyl groups is 3. The minimum absolute atomic E-state index is 0.0267. The van der Waals surface area contributed by atoms with Crippen LogP contribution in [0.5, 0.6) is 11.5 Å². The maximum atomic E-state index is 14.2. The molecule has 13 rings (SSSR count). The summed E-state index contributed by atoms with van der Waals surface area (Å²) in [4.78, 5) is 103. The van der Waals surface area contributed by atoms with Gasteiger partial charge in [0.05, 0.1) is 47.6 Å². The van der Waals surface area contributed by atoms with Gasteiger partial charge in [-0.2, -0.15) is 13.5 Å². The molecule has 4 aliphatic carbocycles. The highest BCUT2D eigenvalue weighted by Gasteiger charge is 2.63. The third kappa shape index (κ3) is 16.5. The highest BCUT2D eigenvalue weighted by atomic mass is 32.2. The molecule has 9 atom stereocenters. The zero-order chi connectivity index (χ0) is 71.5. The van der Waals surface area contributed by atoms with Crippen LogP contribution >= 0.6 is 11.3 Å². The van der Waals surface area contributed by atoms with Gasteiger partial charge >= 0.3 is 18.0 Å². The first-order valence-electron chi connectivity index (χ1n) is 33.3. The predicted molar refractivity (Wildman–Crippen MR) is 360 cm³/mol. The number of rotatable bonds is 30. The molecular formula is C69H79N9O21S2. The normalized spacial score (nSPS) is 24.4. The highest BCUT2D eigenvalue weighted by Crippen LogP contribution is 2.68. The van der Waals surface area contributed by atoms with Gasteiger partial charge in [0.15, 0.2) is 16.9 Å². The van der Waals surface area contributed by atoms with Crippen LogP contribution in [0, 0.1) is 23.7 Å². The molecule has 30 nitrogen and oxygen atoms in total. The number of hydrogen-bond acceptors (Lipinski definition) is 23. The maximum absolute atomic E-state index is 14.2. The molecule has 5 fully saturated rings. The van der Waals surface area contributed by atoms with E-state index in [0.29, 0.717) is 66.0 Å². The lowest BCUT2D eigenvalue weighted by molar-refractivity contribution is -0.271. The zero-order valence-corrected chi connectivity index (χ0v) is 57.1. The third-order valence-electron chi connectivity index (χ3n) is 19.6. The van der Waals surface area contributed by atoms with Crippen molar-refractivity contribution in [1.29, 1.82) is 0 Å². The van der Waals surface area contributed by atoms with Crippen LogP contribution in [0.4, 0.5) is 15.7 Å². The number of benzene rings is 3. The molecule has 6 heterocycles. The number of ether oxygens (including phenoxy) is 6. The number of aromatic nitrogens is 4. The van der Waals surface area contributed by atoms with Gasteiger partial charge in [-0.05, 0) is 129 Å². The minimum atomic E-state index is -4.43. The number of fused-ring (bicyclic) bond motifs is 2. The number of hydrogen-bond donors (Lipinski definition) is 8. The molecule has 7 aliphatic rings. The van der Waals surface area contributed by atoms with Gasteiger partial charge in [-0.1, -0.05) is 42.5 Å². The number of carbonyl (C=O) groups is 7. The van der Waals surface area contributed by atoms with Crippen molar-refractivity contribution in [2.45, 2.75) is 128 Å². The van der Waals surface area contributed by atoms with Gasteiger partial charge in [0.1, 0.15) is 48.8 Å². The second kappa shape index (κ2) is 29.9. The first kappa shape index (κ1) is 71.8. The molecule has 1 saturated heterocycles. The van der Waals surface area contributed by atoms with E-state index in [2.05, 4.69) is 22.5 Å². The molecule has 4 saturated carbocycles. The number of nitrogens with one attached hydrogen (secondary N) is 2. The minimum Gasteiger partial charge on any atom is -0.491 e. The number of imide groups is 1. The number of aliphatic carboxylic acids is 1. The Morgan fingerprint density at radius 1 is 0.861 bits per heavy atom. The van der Waals surface area contributed by atoms with Gasteiger partial charge in [0.2, 0.25) is 12.2 Å². The second-order valence-electron chi connectivity index (χ2n) is 27.1. The van der Waals surface area contributed by atoms with Gasteiger partial charge in [-0.25, -0.2) is 24.4 Å². The van der Waals surface area contributed by atoms with Crippen molar-refractivity contribution in [2.24, 2.45) is 16.7 Å². The summed E-state index contributed by atoms with van der Waals surface area (Å²) in [5, 5.41) is 62.8. The number of carboxylic acids is 2. The highest BCUT2D eigenvalue weighted by molar-refractivity contribution is 7.85. The molecule has 6 aromatic rings. The largest absolute Gasteiger partial charge is 0.491 e. The Labute approximate surface area is 583 Å².